The van der Waals surface area contributed by atoms with Crippen LogP contribution >= 0.6 is 0 Å². The van der Waals surface area contributed by atoms with Crippen LogP contribution in [-0.2, 0) is 11.3 Å². The van der Waals surface area contributed by atoms with E-state index < -0.39 is 0 Å². The van der Waals surface area contributed by atoms with Crippen LogP contribution in [0.4, 0.5) is 0 Å². The minimum absolute atomic E-state index is 0.0848. The van der Waals surface area contributed by atoms with Gasteiger partial charge in [-0.25, -0.2) is 0 Å². The van der Waals surface area contributed by atoms with E-state index in [2.05, 4.69) is 9.67 Å². The highest BCUT2D eigenvalue weighted by molar-refractivity contribution is 5.36. The Balaban J connectivity index is 1.82. The largest absolute Gasteiger partial charge is 0.378 e. The summed E-state index contributed by atoms with van der Waals surface area (Å²) in [6, 6.07) is 3.41. The predicted molar refractivity (Wildman–Crippen MR) is 63.0 cm³/mol. The van der Waals surface area contributed by atoms with Crippen LogP contribution in [0.2, 0.25) is 0 Å². The Labute approximate surface area is 98.6 Å². The summed E-state index contributed by atoms with van der Waals surface area (Å²) in [7, 11) is 0. The van der Waals surface area contributed by atoms with Crippen LogP contribution in [0.1, 0.15) is 19.3 Å². The molecule has 3 rings (SSSR count). The molecule has 5 heteroatoms. The Bertz CT molecular complexity index is 566. The Morgan fingerprint density at radius 1 is 1.47 bits per heavy atom. The van der Waals surface area contributed by atoms with Gasteiger partial charge in [0.25, 0.3) is 5.56 Å². The molecular formula is C12H15N3O2. The smallest absolute Gasteiger partial charge is 0.274 e. The van der Waals surface area contributed by atoms with Gasteiger partial charge in [0.2, 0.25) is 0 Å². The molecule has 1 aliphatic heterocycles. The summed E-state index contributed by atoms with van der Waals surface area (Å²) in [6.07, 6.45) is 7.15. The maximum absolute atomic E-state index is 11.5. The van der Waals surface area contributed by atoms with Crippen LogP contribution in [0.3, 0.4) is 0 Å². The topological polar surface area (TPSA) is 48.5 Å². The maximum Gasteiger partial charge on any atom is 0.274 e. The lowest BCUT2D eigenvalue weighted by Crippen LogP contribution is -2.18. The van der Waals surface area contributed by atoms with Gasteiger partial charge in [0.1, 0.15) is 5.65 Å². The monoisotopic (exact) mass is 233 g/mol. The molecule has 0 radical (unpaired) electrons. The Kier molecular flexibility index (Phi) is 2.68. The summed E-state index contributed by atoms with van der Waals surface area (Å²) in [6.45, 7) is 1.75. The van der Waals surface area contributed by atoms with Crippen molar-refractivity contribution in [2.24, 2.45) is 0 Å². The van der Waals surface area contributed by atoms with Crippen molar-refractivity contribution < 1.29 is 4.74 Å². The number of rotatable bonds is 3. The number of aromatic nitrogens is 3. The second-order valence-corrected chi connectivity index (χ2v) is 4.37. The van der Waals surface area contributed by atoms with E-state index in [1.807, 2.05) is 12.3 Å². The molecule has 1 aliphatic rings. The number of ether oxygens (including phenoxy) is 1. The maximum atomic E-state index is 11.5. The molecule has 0 bridgehead atoms. The molecule has 0 spiro atoms. The predicted octanol–water partition coefficient (Wildman–Crippen LogP) is 1.07. The van der Waals surface area contributed by atoms with Crippen LogP contribution in [0.5, 0.6) is 0 Å². The fourth-order valence-electron chi connectivity index (χ4n) is 2.33. The van der Waals surface area contributed by atoms with Crippen LogP contribution in [0.15, 0.2) is 29.3 Å². The first kappa shape index (κ1) is 10.5. The van der Waals surface area contributed by atoms with Gasteiger partial charge in [0.15, 0.2) is 0 Å². The number of hydrogen-bond acceptors (Lipinski definition) is 3. The van der Waals surface area contributed by atoms with Gasteiger partial charge in [0, 0.05) is 31.5 Å². The summed E-state index contributed by atoms with van der Waals surface area (Å²) in [5.74, 6) is 0. The molecule has 0 saturated carbocycles. The third-order valence-corrected chi connectivity index (χ3v) is 3.24. The van der Waals surface area contributed by atoms with E-state index in [0.717, 1.165) is 38.1 Å². The average molecular weight is 233 g/mol. The molecule has 2 aromatic rings. The minimum atomic E-state index is -0.0848. The zero-order chi connectivity index (χ0) is 11.7. The van der Waals surface area contributed by atoms with Gasteiger partial charge in [-0.3, -0.25) is 4.79 Å². The standard InChI is InChI=1S/C12H15N3O2/c16-12-5-8-14(11-3-6-13-15(11)12)7-4-10-2-1-9-17-10/h3,5-6,8,10H,1-2,4,7,9H2. The summed E-state index contributed by atoms with van der Waals surface area (Å²) in [5, 5.41) is 4.01. The average Bonchev–Trinajstić information content (AvgIpc) is 2.99. The van der Waals surface area contributed by atoms with Crippen molar-refractivity contribution in [2.75, 3.05) is 6.61 Å². The molecule has 0 amide bonds. The van der Waals surface area contributed by atoms with Gasteiger partial charge in [-0.2, -0.15) is 9.61 Å². The third-order valence-electron chi connectivity index (χ3n) is 3.24. The summed E-state index contributed by atoms with van der Waals surface area (Å²) >= 11 is 0. The molecule has 17 heavy (non-hydrogen) atoms. The fraction of sp³-hybridized carbons (Fsp3) is 0.500. The van der Waals surface area contributed by atoms with Crippen molar-refractivity contribution in [3.05, 3.63) is 34.9 Å². The highest BCUT2D eigenvalue weighted by Gasteiger charge is 2.15. The van der Waals surface area contributed by atoms with Crippen molar-refractivity contribution in [1.82, 2.24) is 14.2 Å². The Morgan fingerprint density at radius 2 is 2.41 bits per heavy atom. The van der Waals surface area contributed by atoms with E-state index in [-0.39, 0.29) is 5.56 Å². The summed E-state index contributed by atoms with van der Waals surface area (Å²) < 4.78 is 9.07. The molecule has 0 aromatic carbocycles. The lowest BCUT2D eigenvalue weighted by atomic mass is 10.2. The van der Waals surface area contributed by atoms with E-state index >= 15 is 0 Å². The van der Waals surface area contributed by atoms with Crippen LogP contribution in [0, 0.1) is 0 Å². The van der Waals surface area contributed by atoms with E-state index in [0.29, 0.717) is 6.10 Å². The summed E-state index contributed by atoms with van der Waals surface area (Å²) in [5.41, 5.74) is 0.758. The molecule has 1 saturated heterocycles. The van der Waals surface area contributed by atoms with Gasteiger partial charge in [0.05, 0.1) is 12.3 Å². The number of hydrogen-bond donors (Lipinski definition) is 0. The van der Waals surface area contributed by atoms with Gasteiger partial charge < -0.3 is 9.30 Å². The molecule has 3 heterocycles. The zero-order valence-corrected chi connectivity index (χ0v) is 9.58. The van der Waals surface area contributed by atoms with Gasteiger partial charge >= 0.3 is 0 Å². The number of fused-ring (bicyclic) bond motifs is 1. The third kappa shape index (κ3) is 1.98. The Hall–Kier alpha value is -1.62. The normalized spacial score (nSPS) is 20.1. The van der Waals surface area contributed by atoms with Gasteiger partial charge in [-0.05, 0) is 19.3 Å². The van der Waals surface area contributed by atoms with E-state index in [4.69, 9.17) is 4.74 Å². The van der Waals surface area contributed by atoms with Crippen LogP contribution in [0.25, 0.3) is 5.65 Å². The molecule has 1 unspecified atom stereocenters. The number of aryl methyl sites for hydroxylation is 1. The first-order chi connectivity index (χ1) is 8.34. The molecular weight excluding hydrogens is 218 g/mol. The SMILES string of the molecule is O=c1ccn(CCC2CCCO2)c2ccnn12. The van der Waals surface area contributed by atoms with Gasteiger partial charge in [-0.1, -0.05) is 0 Å². The van der Waals surface area contributed by atoms with Crippen molar-refractivity contribution in [3.63, 3.8) is 0 Å². The highest BCUT2D eigenvalue weighted by atomic mass is 16.5. The second kappa shape index (κ2) is 4.33. The zero-order valence-electron chi connectivity index (χ0n) is 9.58. The van der Waals surface area contributed by atoms with Crippen LogP contribution in [-0.4, -0.2) is 26.9 Å². The molecule has 1 fully saturated rings. The fourth-order valence-corrected chi connectivity index (χ4v) is 2.33. The first-order valence-corrected chi connectivity index (χ1v) is 5.99. The highest BCUT2D eigenvalue weighted by Crippen LogP contribution is 2.16. The van der Waals surface area contributed by atoms with Crippen molar-refractivity contribution >= 4 is 5.65 Å². The Morgan fingerprint density at radius 3 is 3.24 bits per heavy atom. The lowest BCUT2D eigenvalue weighted by Gasteiger charge is -2.12. The molecule has 5 nitrogen and oxygen atoms in total. The first-order valence-electron chi connectivity index (χ1n) is 5.99. The van der Waals surface area contributed by atoms with E-state index in [1.54, 1.807) is 12.3 Å². The molecule has 2 aromatic heterocycles. The van der Waals surface area contributed by atoms with Crippen LogP contribution < -0.4 is 5.56 Å². The van der Waals surface area contributed by atoms with E-state index in [9.17, 15) is 4.79 Å². The van der Waals surface area contributed by atoms with Crippen molar-refractivity contribution in [3.8, 4) is 0 Å². The molecule has 0 N–H and O–H groups in total. The molecule has 90 valence electrons. The van der Waals surface area contributed by atoms with Crippen molar-refractivity contribution in [2.45, 2.75) is 31.9 Å². The molecule has 0 aliphatic carbocycles. The van der Waals surface area contributed by atoms with Crippen molar-refractivity contribution in [1.29, 1.82) is 0 Å². The second-order valence-electron chi connectivity index (χ2n) is 4.37. The number of nitrogens with zero attached hydrogens (tertiary/aromatic N) is 3. The summed E-state index contributed by atoms with van der Waals surface area (Å²) in [4.78, 5) is 11.5. The van der Waals surface area contributed by atoms with Gasteiger partial charge in [-0.15, -0.1) is 0 Å². The lowest BCUT2D eigenvalue weighted by molar-refractivity contribution is 0.101. The quantitative estimate of drug-likeness (QED) is 0.796. The van der Waals surface area contributed by atoms with E-state index in [1.165, 1.54) is 4.52 Å². The molecule has 1 atom stereocenters. The minimum Gasteiger partial charge on any atom is -0.378 e.